The molecule has 5 heteroatoms. The van der Waals surface area contributed by atoms with Gasteiger partial charge in [0.1, 0.15) is 0 Å². The van der Waals surface area contributed by atoms with Crippen molar-refractivity contribution in [3.05, 3.63) is 78.4 Å². The fourth-order valence-corrected chi connectivity index (χ4v) is 3.17. The molecule has 0 aliphatic carbocycles. The van der Waals surface area contributed by atoms with Gasteiger partial charge < -0.3 is 0 Å². The van der Waals surface area contributed by atoms with Crippen LogP contribution in [-0.2, 0) is 10.0 Å². The Morgan fingerprint density at radius 3 is 2.14 bits per heavy atom. The summed E-state index contributed by atoms with van der Waals surface area (Å²) < 4.78 is 26.7. The van der Waals surface area contributed by atoms with Crippen molar-refractivity contribution < 1.29 is 13.2 Å². The molecule has 3 aromatic rings. The van der Waals surface area contributed by atoms with Crippen LogP contribution in [0.5, 0.6) is 0 Å². The number of amides is 1. The molecule has 0 aliphatic heterocycles. The van der Waals surface area contributed by atoms with Crippen molar-refractivity contribution in [2.45, 2.75) is 4.90 Å². The van der Waals surface area contributed by atoms with E-state index in [0.717, 1.165) is 10.8 Å². The van der Waals surface area contributed by atoms with Gasteiger partial charge in [0, 0.05) is 5.56 Å². The van der Waals surface area contributed by atoms with Gasteiger partial charge in [0.05, 0.1) is 4.90 Å². The van der Waals surface area contributed by atoms with Gasteiger partial charge in [-0.3, -0.25) is 4.79 Å². The average molecular weight is 311 g/mol. The van der Waals surface area contributed by atoms with Crippen LogP contribution in [0.4, 0.5) is 0 Å². The number of hydrogen-bond acceptors (Lipinski definition) is 3. The molecule has 0 saturated carbocycles. The Hall–Kier alpha value is -2.66. The number of nitrogens with one attached hydrogen (secondary N) is 1. The van der Waals surface area contributed by atoms with E-state index in [0.29, 0.717) is 5.56 Å². The van der Waals surface area contributed by atoms with Gasteiger partial charge in [0.2, 0.25) is 0 Å². The molecular weight excluding hydrogens is 298 g/mol. The molecule has 3 aromatic carbocycles. The summed E-state index contributed by atoms with van der Waals surface area (Å²) >= 11 is 0. The van der Waals surface area contributed by atoms with Gasteiger partial charge in [0.15, 0.2) is 0 Å². The minimum atomic E-state index is -3.90. The van der Waals surface area contributed by atoms with E-state index in [-0.39, 0.29) is 4.90 Å². The third-order valence-electron chi connectivity index (χ3n) is 3.29. The summed E-state index contributed by atoms with van der Waals surface area (Å²) in [4.78, 5) is 12.1. The highest BCUT2D eigenvalue weighted by Crippen LogP contribution is 2.19. The summed E-state index contributed by atoms with van der Waals surface area (Å²) in [5, 5.41) is 1.74. The standard InChI is InChI=1S/C17H13NO3S/c19-17(14-7-2-1-3-8-14)18-22(20,21)16-11-10-13-6-4-5-9-15(13)12-16/h1-12H,(H,18,19). The van der Waals surface area contributed by atoms with E-state index >= 15 is 0 Å². The molecule has 4 nitrogen and oxygen atoms in total. The van der Waals surface area contributed by atoms with Gasteiger partial charge in [0.25, 0.3) is 15.9 Å². The Kier molecular flexibility index (Phi) is 3.65. The fourth-order valence-electron chi connectivity index (χ4n) is 2.16. The molecule has 1 amide bonds. The number of hydrogen-bond donors (Lipinski definition) is 1. The molecule has 0 heterocycles. The van der Waals surface area contributed by atoms with Crippen molar-refractivity contribution in [1.29, 1.82) is 0 Å². The molecule has 0 saturated heterocycles. The molecule has 0 bridgehead atoms. The van der Waals surface area contributed by atoms with Crippen LogP contribution in [0.15, 0.2) is 77.7 Å². The van der Waals surface area contributed by atoms with Crippen LogP contribution in [0.1, 0.15) is 10.4 Å². The molecule has 3 rings (SSSR count). The van der Waals surface area contributed by atoms with Crippen molar-refractivity contribution in [2.75, 3.05) is 0 Å². The largest absolute Gasteiger partial charge is 0.268 e. The first-order valence-corrected chi connectivity index (χ1v) is 8.15. The highest BCUT2D eigenvalue weighted by molar-refractivity contribution is 7.90. The molecule has 0 aromatic heterocycles. The van der Waals surface area contributed by atoms with Gasteiger partial charge in [-0.2, -0.15) is 0 Å². The van der Waals surface area contributed by atoms with E-state index in [1.165, 1.54) is 6.07 Å². The van der Waals surface area contributed by atoms with E-state index in [4.69, 9.17) is 0 Å². The molecule has 0 radical (unpaired) electrons. The van der Waals surface area contributed by atoms with E-state index in [9.17, 15) is 13.2 Å². The smallest absolute Gasteiger partial charge is 0.264 e. The minimum Gasteiger partial charge on any atom is -0.268 e. The zero-order valence-corrected chi connectivity index (χ0v) is 12.4. The van der Waals surface area contributed by atoms with Gasteiger partial charge in [-0.15, -0.1) is 0 Å². The summed E-state index contributed by atoms with van der Waals surface area (Å²) in [7, 11) is -3.90. The Morgan fingerprint density at radius 2 is 1.41 bits per heavy atom. The van der Waals surface area contributed by atoms with Crippen LogP contribution in [0.3, 0.4) is 0 Å². The first-order valence-electron chi connectivity index (χ1n) is 6.67. The van der Waals surface area contributed by atoms with Gasteiger partial charge in [-0.1, -0.05) is 48.5 Å². The van der Waals surface area contributed by atoms with Gasteiger partial charge in [-0.25, -0.2) is 13.1 Å². The molecule has 1 N–H and O–H groups in total. The average Bonchev–Trinajstić information content (AvgIpc) is 2.55. The second kappa shape index (κ2) is 5.61. The minimum absolute atomic E-state index is 0.0653. The molecular formula is C17H13NO3S. The summed E-state index contributed by atoms with van der Waals surface area (Å²) in [6.07, 6.45) is 0. The lowest BCUT2D eigenvalue weighted by Gasteiger charge is -2.08. The van der Waals surface area contributed by atoms with Crippen molar-refractivity contribution in [1.82, 2.24) is 4.72 Å². The third-order valence-corrected chi connectivity index (χ3v) is 4.62. The number of sulfonamides is 1. The zero-order chi connectivity index (χ0) is 15.6. The molecule has 0 atom stereocenters. The van der Waals surface area contributed by atoms with E-state index in [1.807, 2.05) is 24.3 Å². The van der Waals surface area contributed by atoms with Crippen LogP contribution in [0, 0.1) is 0 Å². The molecule has 22 heavy (non-hydrogen) atoms. The molecule has 0 fully saturated rings. The summed E-state index contributed by atoms with van der Waals surface area (Å²) in [6, 6.07) is 20.4. The van der Waals surface area contributed by atoms with Crippen molar-refractivity contribution >= 4 is 26.7 Å². The molecule has 0 spiro atoms. The third kappa shape index (κ3) is 2.84. The second-order valence-corrected chi connectivity index (χ2v) is 6.49. The zero-order valence-electron chi connectivity index (χ0n) is 11.6. The molecule has 110 valence electrons. The van der Waals surface area contributed by atoms with E-state index in [1.54, 1.807) is 42.5 Å². The summed E-state index contributed by atoms with van der Waals surface area (Å²) in [5.41, 5.74) is 0.298. The topological polar surface area (TPSA) is 63.2 Å². The number of rotatable bonds is 3. The summed E-state index contributed by atoms with van der Waals surface area (Å²) in [6.45, 7) is 0. The SMILES string of the molecule is O=C(NS(=O)(=O)c1ccc2ccccc2c1)c1ccccc1. The Balaban J connectivity index is 1.93. The van der Waals surface area contributed by atoms with Crippen LogP contribution in [0.2, 0.25) is 0 Å². The lowest BCUT2D eigenvalue weighted by molar-refractivity contribution is 0.0981. The maximum absolute atomic E-state index is 12.3. The first-order chi connectivity index (χ1) is 10.6. The van der Waals surface area contributed by atoms with Gasteiger partial charge in [-0.05, 0) is 35.0 Å². The highest BCUT2D eigenvalue weighted by Gasteiger charge is 2.18. The predicted octanol–water partition coefficient (Wildman–Crippen LogP) is 2.96. The van der Waals surface area contributed by atoms with Crippen LogP contribution in [-0.4, -0.2) is 14.3 Å². The van der Waals surface area contributed by atoms with Crippen molar-refractivity contribution in [2.24, 2.45) is 0 Å². The maximum atomic E-state index is 12.3. The first kappa shape index (κ1) is 14.3. The quantitative estimate of drug-likeness (QED) is 0.809. The second-order valence-electron chi connectivity index (χ2n) is 4.81. The lowest BCUT2D eigenvalue weighted by atomic mass is 10.1. The van der Waals surface area contributed by atoms with E-state index < -0.39 is 15.9 Å². The monoisotopic (exact) mass is 311 g/mol. The Bertz CT molecular complexity index is 934. The summed E-state index contributed by atoms with van der Waals surface area (Å²) in [5.74, 6) is -0.645. The Morgan fingerprint density at radius 1 is 0.773 bits per heavy atom. The highest BCUT2D eigenvalue weighted by atomic mass is 32.2. The van der Waals surface area contributed by atoms with Gasteiger partial charge >= 0.3 is 0 Å². The normalized spacial score (nSPS) is 11.3. The predicted molar refractivity (Wildman–Crippen MR) is 85.0 cm³/mol. The maximum Gasteiger partial charge on any atom is 0.264 e. The number of carbonyl (C=O) groups is 1. The number of fused-ring (bicyclic) bond motifs is 1. The van der Waals surface area contributed by atoms with Crippen molar-refractivity contribution in [3.8, 4) is 0 Å². The van der Waals surface area contributed by atoms with Crippen LogP contribution < -0.4 is 4.72 Å². The fraction of sp³-hybridized carbons (Fsp3) is 0. The van der Waals surface area contributed by atoms with Crippen LogP contribution in [0.25, 0.3) is 10.8 Å². The Labute approximate surface area is 128 Å². The number of carbonyl (C=O) groups excluding carboxylic acids is 1. The van der Waals surface area contributed by atoms with Crippen molar-refractivity contribution in [3.63, 3.8) is 0 Å². The lowest BCUT2D eigenvalue weighted by Crippen LogP contribution is -2.30. The number of benzene rings is 3. The molecule has 0 unspecified atom stereocenters. The van der Waals surface area contributed by atoms with Crippen LogP contribution >= 0.6 is 0 Å². The molecule has 0 aliphatic rings. The van der Waals surface area contributed by atoms with E-state index in [2.05, 4.69) is 4.72 Å².